The van der Waals surface area contributed by atoms with Crippen LogP contribution < -0.4 is 10.1 Å². The number of halogens is 3. The Hall–Kier alpha value is -2.88. The van der Waals surface area contributed by atoms with Crippen molar-refractivity contribution < 1.29 is 23.0 Å². The molecule has 0 spiro atoms. The van der Waals surface area contributed by atoms with Crippen LogP contribution in [0.2, 0.25) is 0 Å². The van der Waals surface area contributed by atoms with Gasteiger partial charge in [-0.3, -0.25) is 4.40 Å². The minimum absolute atomic E-state index is 0.0806. The second-order valence-corrected chi connectivity index (χ2v) is 6.80. The van der Waals surface area contributed by atoms with E-state index in [-0.39, 0.29) is 23.1 Å². The maximum Gasteiger partial charge on any atom is 0.417 e. The van der Waals surface area contributed by atoms with E-state index in [0.29, 0.717) is 36.8 Å². The maximum atomic E-state index is 13.6. The van der Waals surface area contributed by atoms with Crippen LogP contribution in [-0.4, -0.2) is 44.4 Å². The minimum Gasteiger partial charge on any atom is -0.497 e. The number of benzene rings is 1. The lowest BCUT2D eigenvalue weighted by atomic mass is 9.82. The average Bonchev–Trinajstić information content (AvgIpc) is 3.13. The standard InChI is InChI=1S/C18H18F3N5O2/c1-28-12-2-3-13(14(6-12)18(19,20)21)16-15-8-22-9-26(15)17(25-24-16)23-7-10-4-11(27)5-10/h2-3,6,8-11,27H,4-5,7H2,1H3,(H,23,25). The van der Waals surface area contributed by atoms with E-state index < -0.39 is 11.7 Å². The number of imidazole rings is 1. The molecule has 2 N–H and O–H groups in total. The number of aromatic nitrogens is 4. The third kappa shape index (κ3) is 3.35. The van der Waals surface area contributed by atoms with Gasteiger partial charge in [0.25, 0.3) is 0 Å². The van der Waals surface area contributed by atoms with Crippen molar-refractivity contribution in [1.82, 2.24) is 19.6 Å². The maximum absolute atomic E-state index is 13.6. The molecule has 28 heavy (non-hydrogen) atoms. The molecule has 0 unspecified atom stereocenters. The highest BCUT2D eigenvalue weighted by Gasteiger charge is 2.35. The van der Waals surface area contributed by atoms with Crippen molar-refractivity contribution in [1.29, 1.82) is 0 Å². The molecule has 148 valence electrons. The molecule has 1 fully saturated rings. The summed E-state index contributed by atoms with van der Waals surface area (Å²) in [6.07, 6.45) is -0.484. The smallest absolute Gasteiger partial charge is 0.417 e. The minimum atomic E-state index is -4.58. The van der Waals surface area contributed by atoms with Crippen molar-refractivity contribution in [2.75, 3.05) is 19.0 Å². The van der Waals surface area contributed by atoms with E-state index in [1.807, 2.05) is 0 Å². The molecule has 10 heteroatoms. The summed E-state index contributed by atoms with van der Waals surface area (Å²) >= 11 is 0. The van der Waals surface area contributed by atoms with Gasteiger partial charge in [0, 0.05) is 12.1 Å². The molecule has 3 aromatic rings. The second-order valence-electron chi connectivity index (χ2n) is 6.80. The van der Waals surface area contributed by atoms with Gasteiger partial charge < -0.3 is 15.2 Å². The fourth-order valence-electron chi connectivity index (χ4n) is 3.34. The van der Waals surface area contributed by atoms with Gasteiger partial charge in [0.1, 0.15) is 17.8 Å². The third-order valence-corrected chi connectivity index (χ3v) is 4.90. The highest BCUT2D eigenvalue weighted by molar-refractivity contribution is 5.79. The van der Waals surface area contributed by atoms with Gasteiger partial charge in [0.15, 0.2) is 0 Å². The first-order chi connectivity index (χ1) is 13.4. The lowest BCUT2D eigenvalue weighted by molar-refractivity contribution is -0.137. The van der Waals surface area contributed by atoms with Crippen molar-refractivity contribution in [2.45, 2.75) is 25.1 Å². The highest BCUT2D eigenvalue weighted by Crippen LogP contribution is 2.39. The van der Waals surface area contributed by atoms with Crippen LogP contribution in [0.1, 0.15) is 18.4 Å². The summed E-state index contributed by atoms with van der Waals surface area (Å²) in [5, 5.41) is 20.6. The predicted molar refractivity (Wildman–Crippen MR) is 95.0 cm³/mol. The van der Waals surface area contributed by atoms with Crippen LogP contribution >= 0.6 is 0 Å². The van der Waals surface area contributed by atoms with Gasteiger partial charge >= 0.3 is 6.18 Å². The van der Waals surface area contributed by atoms with Gasteiger partial charge in [-0.1, -0.05) is 0 Å². The fourth-order valence-corrected chi connectivity index (χ4v) is 3.34. The Balaban J connectivity index is 1.72. The molecule has 0 bridgehead atoms. The van der Waals surface area contributed by atoms with Gasteiger partial charge in [-0.15, -0.1) is 10.2 Å². The number of aliphatic hydroxyl groups is 1. The molecule has 0 saturated heterocycles. The molecule has 2 aromatic heterocycles. The summed E-state index contributed by atoms with van der Waals surface area (Å²) in [4.78, 5) is 4.04. The largest absolute Gasteiger partial charge is 0.497 e. The molecule has 2 heterocycles. The number of anilines is 1. The Morgan fingerprint density at radius 1 is 1.29 bits per heavy atom. The zero-order valence-electron chi connectivity index (χ0n) is 14.9. The Morgan fingerprint density at radius 2 is 2.07 bits per heavy atom. The number of ether oxygens (including phenoxy) is 1. The number of hydrogen-bond acceptors (Lipinski definition) is 6. The van der Waals surface area contributed by atoms with Crippen molar-refractivity contribution in [2.24, 2.45) is 5.92 Å². The van der Waals surface area contributed by atoms with Crippen molar-refractivity contribution in [3.05, 3.63) is 36.3 Å². The van der Waals surface area contributed by atoms with E-state index >= 15 is 0 Å². The number of fused-ring (bicyclic) bond motifs is 1. The van der Waals surface area contributed by atoms with Crippen molar-refractivity contribution >= 4 is 11.5 Å². The third-order valence-electron chi connectivity index (χ3n) is 4.90. The Kier molecular flexibility index (Phi) is 4.58. The number of nitrogens with one attached hydrogen (secondary N) is 1. The lowest BCUT2D eigenvalue weighted by Crippen LogP contribution is -2.33. The van der Waals surface area contributed by atoms with E-state index in [2.05, 4.69) is 20.5 Å². The molecule has 0 atom stereocenters. The average molecular weight is 393 g/mol. The second kappa shape index (κ2) is 6.93. The zero-order chi connectivity index (χ0) is 19.9. The van der Waals surface area contributed by atoms with E-state index in [1.54, 1.807) is 4.40 Å². The van der Waals surface area contributed by atoms with Gasteiger partial charge in [0.05, 0.1) is 30.5 Å². The molecule has 7 nitrogen and oxygen atoms in total. The van der Waals surface area contributed by atoms with Crippen LogP contribution in [0.15, 0.2) is 30.7 Å². The summed E-state index contributed by atoms with van der Waals surface area (Å²) in [6.45, 7) is 0.592. The Labute approximate surface area is 158 Å². The number of nitrogens with zero attached hydrogens (tertiary/aromatic N) is 4. The monoisotopic (exact) mass is 393 g/mol. The van der Waals surface area contributed by atoms with E-state index in [1.165, 1.54) is 31.8 Å². The molecule has 0 aliphatic heterocycles. The van der Waals surface area contributed by atoms with E-state index in [9.17, 15) is 18.3 Å². The van der Waals surface area contributed by atoms with E-state index in [0.717, 1.165) is 6.07 Å². The predicted octanol–water partition coefficient (Wildman–Crippen LogP) is 3.00. The molecule has 1 aromatic carbocycles. The van der Waals surface area contributed by atoms with E-state index in [4.69, 9.17) is 4.74 Å². The summed E-state index contributed by atoms with van der Waals surface area (Å²) < 4.78 is 47.3. The van der Waals surface area contributed by atoms with Crippen LogP contribution in [0.25, 0.3) is 16.8 Å². The molecular formula is C18H18F3N5O2. The summed E-state index contributed by atoms with van der Waals surface area (Å²) in [6, 6.07) is 3.71. The van der Waals surface area contributed by atoms with Crippen LogP contribution in [0, 0.1) is 5.92 Å². The number of aliphatic hydroxyl groups excluding tert-OH is 1. The molecular weight excluding hydrogens is 375 g/mol. The fraction of sp³-hybridized carbons (Fsp3) is 0.389. The summed E-state index contributed by atoms with van der Waals surface area (Å²) in [5.41, 5.74) is -0.465. The molecule has 0 amide bonds. The zero-order valence-corrected chi connectivity index (χ0v) is 14.9. The number of hydrogen-bond donors (Lipinski definition) is 2. The molecule has 1 saturated carbocycles. The number of alkyl halides is 3. The lowest BCUT2D eigenvalue weighted by Gasteiger charge is -2.31. The molecule has 0 radical (unpaired) electrons. The van der Waals surface area contributed by atoms with Gasteiger partial charge in [-0.25, -0.2) is 4.98 Å². The van der Waals surface area contributed by atoms with Gasteiger partial charge in [0.2, 0.25) is 5.95 Å². The Morgan fingerprint density at radius 3 is 2.75 bits per heavy atom. The van der Waals surface area contributed by atoms with Crippen molar-refractivity contribution in [3.8, 4) is 17.0 Å². The highest BCUT2D eigenvalue weighted by atomic mass is 19.4. The summed E-state index contributed by atoms with van der Waals surface area (Å²) in [5.74, 6) is 0.822. The number of methoxy groups -OCH3 is 1. The van der Waals surface area contributed by atoms with Crippen molar-refractivity contribution in [3.63, 3.8) is 0 Å². The number of rotatable bonds is 5. The summed E-state index contributed by atoms with van der Waals surface area (Å²) in [7, 11) is 1.31. The van der Waals surface area contributed by atoms with Gasteiger partial charge in [-0.2, -0.15) is 13.2 Å². The first kappa shape index (κ1) is 18.5. The first-order valence-corrected chi connectivity index (χ1v) is 8.73. The molecule has 1 aliphatic rings. The van der Waals surface area contributed by atoms with Crippen LogP contribution in [0.5, 0.6) is 5.75 Å². The molecule has 1 aliphatic carbocycles. The topological polar surface area (TPSA) is 84.6 Å². The normalized spacial score (nSPS) is 19.5. The quantitative estimate of drug-likeness (QED) is 0.693. The van der Waals surface area contributed by atoms with Crippen LogP contribution in [0.3, 0.4) is 0 Å². The van der Waals surface area contributed by atoms with Crippen LogP contribution in [0.4, 0.5) is 19.1 Å². The first-order valence-electron chi connectivity index (χ1n) is 8.73. The SMILES string of the molecule is COc1ccc(-c2nnc(NCC3CC(O)C3)n3cncc23)c(C(F)(F)F)c1. The van der Waals surface area contributed by atoms with Gasteiger partial charge in [-0.05, 0) is 37.0 Å². The van der Waals surface area contributed by atoms with Crippen LogP contribution in [-0.2, 0) is 6.18 Å². The molecule has 4 rings (SSSR count). The Bertz CT molecular complexity index is 999.